The number of nitrogens with zero attached hydrogens (tertiary/aromatic N) is 4. The second-order valence-corrected chi connectivity index (χ2v) is 11.1. The minimum atomic E-state index is -3.54. The minimum Gasteiger partial charge on any atom is -0.337 e. The number of aryl methyl sites for hydroxylation is 3. The lowest BCUT2D eigenvalue weighted by Crippen LogP contribution is -2.33. The lowest BCUT2D eigenvalue weighted by molar-refractivity contribution is -0.118. The van der Waals surface area contributed by atoms with Gasteiger partial charge >= 0.3 is 0 Å². The van der Waals surface area contributed by atoms with Gasteiger partial charge in [0.25, 0.3) is 0 Å². The molecule has 0 N–H and O–H groups in total. The molecule has 2 heterocycles. The van der Waals surface area contributed by atoms with Gasteiger partial charge in [0.15, 0.2) is 15.0 Å². The summed E-state index contributed by atoms with van der Waals surface area (Å²) in [5.74, 6) is -0.481. The SMILES string of the molecule is Cc1cc(C)c2nc(N(CCCn3ccnc3)C(=O)CCS(=O)(=O)c3ccccc3)sc2c1. The van der Waals surface area contributed by atoms with E-state index in [1.54, 1.807) is 47.8 Å². The Bertz CT molecular complexity index is 1350. The molecule has 2 aromatic heterocycles. The molecule has 0 atom stereocenters. The van der Waals surface area contributed by atoms with Gasteiger partial charge in [0, 0.05) is 31.9 Å². The van der Waals surface area contributed by atoms with Crippen molar-refractivity contribution >= 4 is 42.4 Å². The highest BCUT2D eigenvalue weighted by Gasteiger charge is 2.23. The van der Waals surface area contributed by atoms with E-state index in [1.165, 1.54) is 11.3 Å². The molecule has 33 heavy (non-hydrogen) atoms. The van der Waals surface area contributed by atoms with Gasteiger partial charge in [-0.2, -0.15) is 0 Å². The predicted molar refractivity (Wildman–Crippen MR) is 131 cm³/mol. The summed E-state index contributed by atoms with van der Waals surface area (Å²) in [5.41, 5.74) is 3.08. The number of sulfone groups is 1. The molecule has 4 aromatic rings. The summed E-state index contributed by atoms with van der Waals surface area (Å²) in [6.07, 6.45) is 5.93. The van der Waals surface area contributed by atoms with Crippen LogP contribution in [0.25, 0.3) is 10.2 Å². The first-order valence-corrected chi connectivity index (χ1v) is 13.2. The molecular weight excluding hydrogens is 456 g/mol. The Kier molecular flexibility index (Phi) is 6.90. The van der Waals surface area contributed by atoms with Crippen molar-refractivity contribution in [2.24, 2.45) is 0 Å². The van der Waals surface area contributed by atoms with Gasteiger partial charge in [-0.15, -0.1) is 0 Å². The molecule has 1 amide bonds. The van der Waals surface area contributed by atoms with Crippen molar-refractivity contribution < 1.29 is 13.2 Å². The third kappa shape index (κ3) is 5.48. The standard InChI is InChI=1S/C24H26N4O3S2/c1-18-15-19(2)23-21(16-18)32-24(26-23)28(12-6-11-27-13-10-25-17-27)22(29)9-14-33(30,31)20-7-4-3-5-8-20/h3-5,7-8,10,13,15-17H,6,9,11-12,14H2,1-2H3. The van der Waals surface area contributed by atoms with E-state index in [-0.39, 0.29) is 23.0 Å². The fourth-order valence-electron chi connectivity index (χ4n) is 3.73. The van der Waals surface area contributed by atoms with Crippen LogP contribution in [0.2, 0.25) is 0 Å². The van der Waals surface area contributed by atoms with E-state index in [1.807, 2.05) is 24.6 Å². The molecule has 0 spiro atoms. The highest BCUT2D eigenvalue weighted by Crippen LogP contribution is 2.32. The minimum absolute atomic E-state index is 0.101. The molecule has 0 aliphatic heterocycles. The quantitative estimate of drug-likeness (QED) is 0.353. The number of hydrogen-bond acceptors (Lipinski definition) is 6. The van der Waals surface area contributed by atoms with Crippen molar-refractivity contribution in [1.29, 1.82) is 0 Å². The monoisotopic (exact) mass is 482 g/mol. The maximum atomic E-state index is 13.3. The van der Waals surface area contributed by atoms with Crippen molar-refractivity contribution in [3.8, 4) is 0 Å². The van der Waals surface area contributed by atoms with Crippen LogP contribution in [-0.4, -0.2) is 41.2 Å². The second kappa shape index (κ2) is 9.84. The molecule has 0 bridgehead atoms. The van der Waals surface area contributed by atoms with Crippen LogP contribution >= 0.6 is 11.3 Å². The number of rotatable bonds is 9. The number of fused-ring (bicyclic) bond motifs is 1. The molecule has 172 valence electrons. The van der Waals surface area contributed by atoms with Gasteiger partial charge in [-0.1, -0.05) is 35.6 Å². The zero-order valence-electron chi connectivity index (χ0n) is 18.6. The molecule has 0 fully saturated rings. The van der Waals surface area contributed by atoms with Crippen molar-refractivity contribution in [2.45, 2.75) is 38.1 Å². The van der Waals surface area contributed by atoms with Crippen molar-refractivity contribution in [3.63, 3.8) is 0 Å². The number of thiazole rings is 1. The van der Waals surface area contributed by atoms with E-state index in [9.17, 15) is 13.2 Å². The van der Waals surface area contributed by atoms with E-state index >= 15 is 0 Å². The zero-order valence-corrected chi connectivity index (χ0v) is 20.3. The summed E-state index contributed by atoms with van der Waals surface area (Å²) < 4.78 is 28.4. The number of benzene rings is 2. The van der Waals surface area contributed by atoms with Crippen LogP contribution in [0.1, 0.15) is 24.0 Å². The fraction of sp³-hybridized carbons (Fsp3) is 0.292. The number of carbonyl (C=O) groups excluding carboxylic acids is 1. The van der Waals surface area contributed by atoms with Gasteiger partial charge in [0.1, 0.15) is 0 Å². The van der Waals surface area contributed by atoms with Crippen molar-refractivity contribution in [1.82, 2.24) is 14.5 Å². The zero-order chi connectivity index (χ0) is 23.4. The molecule has 2 aromatic carbocycles. The van der Waals surface area contributed by atoms with Gasteiger partial charge in [-0.25, -0.2) is 18.4 Å². The van der Waals surface area contributed by atoms with Crippen LogP contribution in [0.4, 0.5) is 5.13 Å². The first-order chi connectivity index (χ1) is 15.8. The van der Waals surface area contributed by atoms with Gasteiger partial charge in [-0.05, 0) is 49.6 Å². The molecule has 0 aliphatic rings. The van der Waals surface area contributed by atoms with E-state index in [0.717, 1.165) is 21.3 Å². The third-order valence-corrected chi connectivity index (χ3v) is 8.15. The molecule has 9 heteroatoms. The Hall–Kier alpha value is -3.04. The topological polar surface area (TPSA) is 85.2 Å². The number of carbonyl (C=O) groups is 1. The Morgan fingerprint density at radius 1 is 1.15 bits per heavy atom. The number of hydrogen-bond donors (Lipinski definition) is 0. The molecule has 0 saturated heterocycles. The van der Waals surface area contributed by atoms with Crippen LogP contribution in [-0.2, 0) is 21.2 Å². The Morgan fingerprint density at radius 2 is 1.94 bits per heavy atom. The van der Waals surface area contributed by atoms with E-state index < -0.39 is 9.84 Å². The molecule has 4 rings (SSSR count). The van der Waals surface area contributed by atoms with Crippen LogP contribution in [0.5, 0.6) is 0 Å². The predicted octanol–water partition coefficient (Wildman–Crippen LogP) is 4.40. The molecule has 0 radical (unpaired) electrons. The van der Waals surface area contributed by atoms with E-state index in [0.29, 0.717) is 24.6 Å². The lowest BCUT2D eigenvalue weighted by Gasteiger charge is -2.20. The third-order valence-electron chi connectivity index (χ3n) is 5.39. The molecule has 0 aliphatic carbocycles. The maximum absolute atomic E-state index is 13.3. The Morgan fingerprint density at radius 3 is 2.67 bits per heavy atom. The fourth-order valence-corrected chi connectivity index (χ4v) is 6.17. The molecule has 0 unspecified atom stereocenters. The van der Waals surface area contributed by atoms with Crippen LogP contribution in [0.3, 0.4) is 0 Å². The normalized spacial score (nSPS) is 11.7. The smallest absolute Gasteiger partial charge is 0.229 e. The Balaban J connectivity index is 1.55. The van der Waals surface area contributed by atoms with Gasteiger partial charge in [0.2, 0.25) is 5.91 Å². The van der Waals surface area contributed by atoms with Gasteiger partial charge in [0.05, 0.1) is 27.2 Å². The average Bonchev–Trinajstić information content (AvgIpc) is 3.46. The second-order valence-electron chi connectivity index (χ2n) is 8.01. The number of aromatic nitrogens is 3. The van der Waals surface area contributed by atoms with Crippen LogP contribution < -0.4 is 4.90 Å². The van der Waals surface area contributed by atoms with Crippen molar-refractivity contribution in [2.75, 3.05) is 17.2 Å². The Labute approximate surface area is 197 Å². The molecular formula is C24H26N4O3S2. The number of imidazole rings is 1. The summed E-state index contributed by atoms with van der Waals surface area (Å²) in [6.45, 7) is 5.19. The first kappa shape index (κ1) is 23.1. The van der Waals surface area contributed by atoms with Gasteiger partial charge in [-0.3, -0.25) is 9.69 Å². The largest absolute Gasteiger partial charge is 0.337 e. The summed E-state index contributed by atoms with van der Waals surface area (Å²) in [7, 11) is -3.54. The maximum Gasteiger partial charge on any atom is 0.229 e. The highest BCUT2D eigenvalue weighted by molar-refractivity contribution is 7.91. The lowest BCUT2D eigenvalue weighted by atomic mass is 10.1. The average molecular weight is 483 g/mol. The summed E-state index contributed by atoms with van der Waals surface area (Å²) in [5, 5.41) is 0.603. The van der Waals surface area contributed by atoms with Crippen molar-refractivity contribution in [3.05, 3.63) is 72.3 Å². The van der Waals surface area contributed by atoms with E-state index in [4.69, 9.17) is 4.98 Å². The van der Waals surface area contributed by atoms with E-state index in [2.05, 4.69) is 17.1 Å². The first-order valence-electron chi connectivity index (χ1n) is 10.8. The molecule has 0 saturated carbocycles. The van der Waals surface area contributed by atoms with Gasteiger partial charge < -0.3 is 4.57 Å². The number of amides is 1. The van der Waals surface area contributed by atoms with Crippen LogP contribution in [0, 0.1) is 13.8 Å². The number of anilines is 1. The summed E-state index contributed by atoms with van der Waals surface area (Å²) >= 11 is 1.47. The van der Waals surface area contributed by atoms with Crippen LogP contribution in [0.15, 0.2) is 66.1 Å². The molecule has 7 nitrogen and oxygen atoms in total. The highest BCUT2D eigenvalue weighted by atomic mass is 32.2. The summed E-state index contributed by atoms with van der Waals surface area (Å²) in [6, 6.07) is 12.4. The summed E-state index contributed by atoms with van der Waals surface area (Å²) in [4.78, 5) is 23.9.